The Bertz CT molecular complexity index is 784. The monoisotopic (exact) mass is 370 g/mol. The van der Waals surface area contributed by atoms with Crippen molar-refractivity contribution in [3.63, 3.8) is 0 Å². The minimum absolute atomic E-state index is 0.633. The van der Waals surface area contributed by atoms with Gasteiger partial charge in [0.2, 0.25) is 0 Å². The van der Waals surface area contributed by atoms with Crippen LogP contribution in [0.25, 0.3) is 0 Å². The van der Waals surface area contributed by atoms with Gasteiger partial charge in [0.05, 0.1) is 12.2 Å². The Labute approximate surface area is 159 Å². The highest BCUT2D eigenvalue weighted by molar-refractivity contribution is 5.34. The van der Waals surface area contributed by atoms with Crippen molar-refractivity contribution in [3.05, 3.63) is 65.2 Å². The highest BCUT2D eigenvalue weighted by Crippen LogP contribution is 2.51. The van der Waals surface area contributed by atoms with Gasteiger partial charge in [-0.1, -0.05) is 36.4 Å². The molecule has 2 fully saturated rings. The van der Waals surface area contributed by atoms with E-state index in [4.69, 9.17) is 9.47 Å². The van der Waals surface area contributed by atoms with Crippen molar-refractivity contribution < 1.29 is 24.8 Å². The molecule has 0 bridgehead atoms. The molecule has 5 heteroatoms. The molecule has 1 aliphatic heterocycles. The number of aliphatic hydroxyl groups excluding tert-OH is 3. The standard InChI is InChI=1S/C22H26O5/c1-2-26-17-8-6-14(7-9-17)12-15-4-3-5-16(13-15)20-18(23)19(24)21(25)22(27-20)10-11-22/h3-9,13,18-21,23-25H,2,10-12H2,1H3/t18-,19?,20+,21?/m1/s1. The molecule has 1 spiro atoms. The van der Waals surface area contributed by atoms with Crippen LogP contribution < -0.4 is 4.74 Å². The summed E-state index contributed by atoms with van der Waals surface area (Å²) in [5.41, 5.74) is 2.38. The van der Waals surface area contributed by atoms with E-state index < -0.39 is 30.0 Å². The summed E-state index contributed by atoms with van der Waals surface area (Å²) < 4.78 is 11.5. The van der Waals surface area contributed by atoms with E-state index in [1.807, 2.05) is 55.5 Å². The molecule has 2 unspecified atom stereocenters. The maximum absolute atomic E-state index is 10.4. The smallest absolute Gasteiger partial charge is 0.119 e. The second kappa shape index (κ2) is 7.24. The topological polar surface area (TPSA) is 79.2 Å². The molecule has 27 heavy (non-hydrogen) atoms. The van der Waals surface area contributed by atoms with Crippen LogP contribution in [-0.4, -0.2) is 45.8 Å². The number of hydrogen-bond donors (Lipinski definition) is 3. The summed E-state index contributed by atoms with van der Waals surface area (Å²) in [6, 6.07) is 15.9. The minimum atomic E-state index is -1.19. The fourth-order valence-electron chi connectivity index (χ4n) is 3.86. The van der Waals surface area contributed by atoms with Crippen molar-refractivity contribution in [2.75, 3.05) is 6.61 Å². The zero-order chi connectivity index (χ0) is 19.0. The summed E-state index contributed by atoms with van der Waals surface area (Å²) in [4.78, 5) is 0. The molecule has 5 nitrogen and oxygen atoms in total. The van der Waals surface area contributed by atoms with Crippen LogP contribution in [0.1, 0.15) is 42.6 Å². The van der Waals surface area contributed by atoms with Crippen molar-refractivity contribution in [3.8, 4) is 5.75 Å². The maximum Gasteiger partial charge on any atom is 0.119 e. The van der Waals surface area contributed by atoms with E-state index in [0.717, 1.165) is 28.9 Å². The van der Waals surface area contributed by atoms with Crippen molar-refractivity contribution in [1.29, 1.82) is 0 Å². The van der Waals surface area contributed by atoms with Gasteiger partial charge >= 0.3 is 0 Å². The van der Waals surface area contributed by atoms with Gasteiger partial charge < -0.3 is 24.8 Å². The number of benzene rings is 2. The average molecular weight is 370 g/mol. The van der Waals surface area contributed by atoms with Crippen LogP contribution in [-0.2, 0) is 11.2 Å². The van der Waals surface area contributed by atoms with Crippen molar-refractivity contribution in [2.24, 2.45) is 0 Å². The van der Waals surface area contributed by atoms with Gasteiger partial charge in [0.1, 0.15) is 30.2 Å². The quantitative estimate of drug-likeness (QED) is 0.753. The van der Waals surface area contributed by atoms with Gasteiger partial charge in [-0.25, -0.2) is 0 Å². The SMILES string of the molecule is CCOc1ccc(Cc2cccc([C@@H]3OC4(CC4)C(O)C(O)[C@H]3O)c2)cc1. The lowest BCUT2D eigenvalue weighted by atomic mass is 9.89. The molecule has 4 atom stereocenters. The fraction of sp³-hybridized carbons (Fsp3) is 0.455. The molecule has 1 heterocycles. The van der Waals surface area contributed by atoms with Crippen LogP contribution in [0.15, 0.2) is 48.5 Å². The minimum Gasteiger partial charge on any atom is -0.494 e. The van der Waals surface area contributed by atoms with E-state index in [1.54, 1.807) is 0 Å². The number of aliphatic hydroxyl groups is 3. The molecule has 3 N–H and O–H groups in total. The van der Waals surface area contributed by atoms with Gasteiger partial charge in [-0.2, -0.15) is 0 Å². The van der Waals surface area contributed by atoms with Crippen LogP contribution in [0.4, 0.5) is 0 Å². The van der Waals surface area contributed by atoms with Crippen molar-refractivity contribution >= 4 is 0 Å². The van der Waals surface area contributed by atoms with E-state index in [0.29, 0.717) is 19.4 Å². The van der Waals surface area contributed by atoms with Gasteiger partial charge in [-0.3, -0.25) is 0 Å². The molecular weight excluding hydrogens is 344 g/mol. The molecular formula is C22H26O5. The third-order valence-electron chi connectivity index (χ3n) is 5.55. The van der Waals surface area contributed by atoms with Crippen LogP contribution >= 0.6 is 0 Å². The average Bonchev–Trinajstić information content (AvgIpc) is 3.46. The van der Waals surface area contributed by atoms with E-state index >= 15 is 0 Å². The zero-order valence-corrected chi connectivity index (χ0v) is 15.4. The molecule has 2 aromatic carbocycles. The Hall–Kier alpha value is -1.92. The van der Waals surface area contributed by atoms with Gasteiger partial charge in [-0.05, 0) is 55.0 Å². The first-order valence-electron chi connectivity index (χ1n) is 9.55. The largest absolute Gasteiger partial charge is 0.494 e. The molecule has 1 saturated carbocycles. The van der Waals surface area contributed by atoms with Gasteiger partial charge in [0, 0.05) is 0 Å². The zero-order valence-electron chi connectivity index (χ0n) is 15.4. The fourth-order valence-corrected chi connectivity index (χ4v) is 3.86. The predicted molar refractivity (Wildman–Crippen MR) is 101 cm³/mol. The summed E-state index contributed by atoms with van der Waals surface area (Å²) in [6.07, 6.45) is -1.84. The molecule has 1 saturated heterocycles. The van der Waals surface area contributed by atoms with Crippen molar-refractivity contribution in [2.45, 2.75) is 56.2 Å². The Balaban J connectivity index is 1.52. The third kappa shape index (κ3) is 3.60. The van der Waals surface area contributed by atoms with E-state index in [1.165, 1.54) is 0 Å². The van der Waals surface area contributed by atoms with E-state index in [2.05, 4.69) is 0 Å². The van der Waals surface area contributed by atoms with Gasteiger partial charge in [0.25, 0.3) is 0 Å². The highest BCUT2D eigenvalue weighted by atomic mass is 16.6. The molecule has 1 aliphatic carbocycles. The van der Waals surface area contributed by atoms with Crippen LogP contribution in [0.3, 0.4) is 0 Å². The summed E-state index contributed by atoms with van der Waals surface area (Å²) in [7, 11) is 0. The van der Waals surface area contributed by atoms with E-state index in [-0.39, 0.29) is 0 Å². The number of ether oxygens (including phenoxy) is 2. The second-order valence-corrected chi connectivity index (χ2v) is 7.53. The molecule has 2 aromatic rings. The summed E-state index contributed by atoms with van der Waals surface area (Å²) in [6.45, 7) is 2.61. The Kier molecular flexibility index (Phi) is 4.95. The lowest BCUT2D eigenvalue weighted by Gasteiger charge is -2.41. The lowest BCUT2D eigenvalue weighted by Crippen LogP contribution is -2.55. The number of hydrogen-bond acceptors (Lipinski definition) is 5. The van der Waals surface area contributed by atoms with Crippen LogP contribution in [0.2, 0.25) is 0 Å². The Morgan fingerprint density at radius 2 is 1.74 bits per heavy atom. The molecule has 4 rings (SSSR count). The third-order valence-corrected chi connectivity index (χ3v) is 5.55. The first-order chi connectivity index (χ1) is 13.0. The summed E-state index contributed by atoms with van der Waals surface area (Å²) in [5.74, 6) is 0.857. The maximum atomic E-state index is 10.4. The highest BCUT2D eigenvalue weighted by Gasteiger charge is 2.60. The van der Waals surface area contributed by atoms with Crippen molar-refractivity contribution in [1.82, 2.24) is 0 Å². The van der Waals surface area contributed by atoms with Crippen LogP contribution in [0, 0.1) is 0 Å². The van der Waals surface area contributed by atoms with Gasteiger partial charge in [0.15, 0.2) is 0 Å². The Morgan fingerprint density at radius 1 is 1.00 bits per heavy atom. The first-order valence-corrected chi connectivity index (χ1v) is 9.55. The Morgan fingerprint density at radius 3 is 2.41 bits per heavy atom. The lowest BCUT2D eigenvalue weighted by molar-refractivity contribution is -0.236. The molecule has 0 amide bonds. The predicted octanol–water partition coefficient (Wildman–Crippen LogP) is 2.36. The van der Waals surface area contributed by atoms with Gasteiger partial charge in [-0.15, -0.1) is 0 Å². The molecule has 144 valence electrons. The molecule has 2 aliphatic rings. The van der Waals surface area contributed by atoms with Crippen LogP contribution in [0.5, 0.6) is 5.75 Å². The van der Waals surface area contributed by atoms with E-state index in [9.17, 15) is 15.3 Å². The summed E-state index contributed by atoms with van der Waals surface area (Å²) >= 11 is 0. The molecule has 0 radical (unpaired) electrons. The molecule has 0 aromatic heterocycles. The summed E-state index contributed by atoms with van der Waals surface area (Å²) in [5, 5.41) is 30.8. The number of rotatable bonds is 5. The first kappa shape index (κ1) is 18.4. The second-order valence-electron chi connectivity index (χ2n) is 7.53. The normalized spacial score (nSPS) is 28.9.